The minimum absolute atomic E-state index is 0.143. The van der Waals surface area contributed by atoms with Crippen molar-refractivity contribution in [3.05, 3.63) is 0 Å². The van der Waals surface area contributed by atoms with Crippen LogP contribution in [0.15, 0.2) is 0 Å². The van der Waals surface area contributed by atoms with Gasteiger partial charge in [0, 0.05) is 0 Å². The molecule has 1 unspecified atom stereocenters. The molecule has 0 aromatic rings. The monoisotopic (exact) mass is 227 g/mol. The van der Waals surface area contributed by atoms with E-state index in [1.165, 1.54) is 0 Å². The molecule has 0 fully saturated rings. The lowest BCUT2D eigenvalue weighted by Crippen LogP contribution is -2.46. The smallest absolute Gasteiger partial charge is 0.401 e. The number of aliphatic carboxylic acids is 1. The van der Waals surface area contributed by atoms with Crippen molar-refractivity contribution in [2.45, 2.75) is 38.9 Å². The summed E-state index contributed by atoms with van der Waals surface area (Å²) in [5.41, 5.74) is 0. The molecule has 1 atom stereocenters. The van der Waals surface area contributed by atoms with Crippen molar-refractivity contribution in [1.82, 2.24) is 4.90 Å². The van der Waals surface area contributed by atoms with Crippen LogP contribution in [0.2, 0.25) is 0 Å². The first-order chi connectivity index (χ1) is 6.81. The summed E-state index contributed by atoms with van der Waals surface area (Å²) in [6.07, 6.45) is -3.68. The van der Waals surface area contributed by atoms with Crippen LogP contribution in [0.25, 0.3) is 0 Å². The van der Waals surface area contributed by atoms with E-state index in [2.05, 4.69) is 0 Å². The highest BCUT2D eigenvalue weighted by atomic mass is 19.4. The molecule has 3 nitrogen and oxygen atoms in total. The molecule has 0 amide bonds. The number of carbonyl (C=O) groups is 1. The molecule has 0 saturated heterocycles. The second kappa shape index (κ2) is 5.95. The van der Waals surface area contributed by atoms with Gasteiger partial charge in [0.2, 0.25) is 0 Å². The van der Waals surface area contributed by atoms with Gasteiger partial charge in [0.15, 0.2) is 0 Å². The summed E-state index contributed by atoms with van der Waals surface area (Å²) in [5, 5.41) is 8.76. The molecule has 0 aliphatic carbocycles. The fourth-order valence-corrected chi connectivity index (χ4v) is 1.45. The van der Waals surface area contributed by atoms with Crippen LogP contribution in [0, 0.1) is 0 Å². The van der Waals surface area contributed by atoms with Gasteiger partial charge in [-0.15, -0.1) is 0 Å². The molecular weight excluding hydrogens is 211 g/mol. The molecule has 0 heterocycles. The predicted molar refractivity (Wildman–Crippen MR) is 49.6 cm³/mol. The second-order valence-corrected chi connectivity index (χ2v) is 3.35. The number of carboxylic acids is 1. The van der Waals surface area contributed by atoms with Crippen LogP contribution >= 0.6 is 0 Å². The number of alkyl halides is 3. The van der Waals surface area contributed by atoms with E-state index >= 15 is 0 Å². The van der Waals surface area contributed by atoms with Gasteiger partial charge >= 0.3 is 12.1 Å². The normalized spacial score (nSPS) is 14.3. The van der Waals surface area contributed by atoms with Gasteiger partial charge in [-0.05, 0) is 19.4 Å². The van der Waals surface area contributed by atoms with Crippen LogP contribution in [-0.2, 0) is 4.79 Å². The van der Waals surface area contributed by atoms with Crippen molar-refractivity contribution in [2.75, 3.05) is 13.1 Å². The fourth-order valence-electron chi connectivity index (χ4n) is 1.45. The molecule has 90 valence electrons. The molecule has 0 radical (unpaired) electrons. The summed E-state index contributed by atoms with van der Waals surface area (Å²) in [6, 6.07) is -1.05. The average molecular weight is 227 g/mol. The zero-order chi connectivity index (χ0) is 12.1. The topological polar surface area (TPSA) is 40.5 Å². The summed E-state index contributed by atoms with van der Waals surface area (Å²) < 4.78 is 36.5. The zero-order valence-corrected chi connectivity index (χ0v) is 8.84. The Morgan fingerprint density at radius 1 is 1.40 bits per heavy atom. The maximum Gasteiger partial charge on any atom is 0.401 e. The van der Waals surface area contributed by atoms with Crippen molar-refractivity contribution in [3.8, 4) is 0 Å². The maximum atomic E-state index is 12.2. The van der Waals surface area contributed by atoms with Gasteiger partial charge in [0.05, 0.1) is 6.54 Å². The number of halogens is 3. The van der Waals surface area contributed by atoms with E-state index in [0.29, 0.717) is 6.42 Å². The highest BCUT2D eigenvalue weighted by molar-refractivity contribution is 5.73. The molecule has 15 heavy (non-hydrogen) atoms. The molecule has 6 heteroatoms. The van der Waals surface area contributed by atoms with E-state index in [1.807, 2.05) is 0 Å². The van der Waals surface area contributed by atoms with Crippen LogP contribution in [0.5, 0.6) is 0 Å². The Morgan fingerprint density at radius 2 is 1.93 bits per heavy atom. The maximum absolute atomic E-state index is 12.2. The highest BCUT2D eigenvalue weighted by Gasteiger charge is 2.35. The van der Waals surface area contributed by atoms with Gasteiger partial charge < -0.3 is 5.11 Å². The number of hydrogen-bond acceptors (Lipinski definition) is 2. The van der Waals surface area contributed by atoms with Crippen molar-refractivity contribution in [2.24, 2.45) is 0 Å². The van der Waals surface area contributed by atoms with Crippen molar-refractivity contribution >= 4 is 5.97 Å². The van der Waals surface area contributed by atoms with Crippen LogP contribution < -0.4 is 0 Å². The molecule has 0 aromatic carbocycles. The molecule has 0 spiro atoms. The van der Waals surface area contributed by atoms with Gasteiger partial charge in [0.25, 0.3) is 0 Å². The fraction of sp³-hybridized carbons (Fsp3) is 0.889. The second-order valence-electron chi connectivity index (χ2n) is 3.35. The number of carboxylic acid groups (broad SMARTS) is 1. The van der Waals surface area contributed by atoms with Crippen LogP contribution in [-0.4, -0.2) is 41.3 Å². The van der Waals surface area contributed by atoms with Crippen LogP contribution in [0.3, 0.4) is 0 Å². The van der Waals surface area contributed by atoms with Gasteiger partial charge in [-0.2, -0.15) is 13.2 Å². The minimum Gasteiger partial charge on any atom is -0.480 e. The van der Waals surface area contributed by atoms with Gasteiger partial charge in [-0.1, -0.05) is 13.8 Å². The molecular formula is C9H16F3NO2. The lowest BCUT2D eigenvalue weighted by Gasteiger charge is -2.28. The van der Waals surface area contributed by atoms with Gasteiger partial charge in [0.1, 0.15) is 6.04 Å². The lowest BCUT2D eigenvalue weighted by atomic mass is 10.2. The highest BCUT2D eigenvalue weighted by Crippen LogP contribution is 2.19. The third-order valence-corrected chi connectivity index (χ3v) is 2.01. The van der Waals surface area contributed by atoms with Crippen molar-refractivity contribution in [3.63, 3.8) is 0 Å². The van der Waals surface area contributed by atoms with Gasteiger partial charge in [-0.25, -0.2) is 0 Å². The van der Waals surface area contributed by atoms with E-state index in [1.54, 1.807) is 13.8 Å². The summed E-state index contributed by atoms with van der Waals surface area (Å²) in [7, 11) is 0. The lowest BCUT2D eigenvalue weighted by molar-refractivity contribution is -0.161. The Hall–Kier alpha value is -0.780. The Balaban J connectivity index is 4.55. The standard InChI is InChI=1S/C9H16F3NO2/c1-3-5-13(6-9(10,11)12)7(4-2)8(14)15/h7H,3-6H2,1-2H3,(H,14,15). The number of rotatable bonds is 6. The summed E-state index contributed by atoms with van der Waals surface area (Å²) in [5.74, 6) is -1.20. The zero-order valence-electron chi connectivity index (χ0n) is 8.84. The molecule has 0 aliphatic rings. The largest absolute Gasteiger partial charge is 0.480 e. The first-order valence-corrected chi connectivity index (χ1v) is 4.85. The predicted octanol–water partition coefficient (Wildman–Crippen LogP) is 2.12. The van der Waals surface area contributed by atoms with E-state index in [9.17, 15) is 18.0 Å². The third-order valence-electron chi connectivity index (χ3n) is 2.01. The molecule has 1 N–H and O–H groups in total. The van der Waals surface area contributed by atoms with Gasteiger partial charge in [-0.3, -0.25) is 9.69 Å². The first kappa shape index (κ1) is 14.2. The van der Waals surface area contributed by atoms with Crippen molar-refractivity contribution in [1.29, 1.82) is 0 Å². The molecule has 0 saturated carbocycles. The Morgan fingerprint density at radius 3 is 2.20 bits per heavy atom. The molecule has 0 aromatic heterocycles. The van der Waals surface area contributed by atoms with Crippen LogP contribution in [0.1, 0.15) is 26.7 Å². The van der Waals surface area contributed by atoms with Crippen molar-refractivity contribution < 1.29 is 23.1 Å². The van der Waals surface area contributed by atoms with E-state index in [0.717, 1.165) is 4.90 Å². The van der Waals surface area contributed by atoms with Crippen LogP contribution in [0.4, 0.5) is 13.2 Å². The molecule has 0 rings (SSSR count). The molecule has 0 bridgehead atoms. The first-order valence-electron chi connectivity index (χ1n) is 4.85. The van der Waals surface area contributed by atoms with E-state index in [-0.39, 0.29) is 13.0 Å². The molecule has 0 aliphatic heterocycles. The average Bonchev–Trinajstić information content (AvgIpc) is 2.01. The van der Waals surface area contributed by atoms with E-state index in [4.69, 9.17) is 5.11 Å². The minimum atomic E-state index is -4.35. The quantitative estimate of drug-likeness (QED) is 0.755. The SMILES string of the molecule is CCCN(CC(F)(F)F)C(CC)C(=O)O. The number of nitrogens with zero attached hydrogens (tertiary/aromatic N) is 1. The Kier molecular flexibility index (Phi) is 5.64. The van der Waals surface area contributed by atoms with E-state index < -0.39 is 24.7 Å². The summed E-state index contributed by atoms with van der Waals surface area (Å²) >= 11 is 0. The summed E-state index contributed by atoms with van der Waals surface area (Å²) in [6.45, 7) is 2.27. The number of hydrogen-bond donors (Lipinski definition) is 1. The third kappa shape index (κ3) is 5.61. The Bertz CT molecular complexity index is 206. The summed E-state index contributed by atoms with van der Waals surface area (Å²) in [4.78, 5) is 11.7. The Labute approximate surface area is 86.9 Å².